The first-order chi connectivity index (χ1) is 14.8. The summed E-state index contributed by atoms with van der Waals surface area (Å²) in [7, 11) is -2.64. The molecule has 0 heterocycles. The van der Waals surface area contributed by atoms with Gasteiger partial charge in [0.25, 0.3) is 15.9 Å². The van der Waals surface area contributed by atoms with Crippen molar-refractivity contribution in [2.24, 2.45) is 0 Å². The third kappa shape index (κ3) is 5.42. The van der Waals surface area contributed by atoms with Crippen molar-refractivity contribution >= 4 is 44.9 Å². The third-order valence-corrected chi connectivity index (χ3v) is 6.42. The average molecular weight is 459 g/mol. The highest BCUT2D eigenvalue weighted by Gasteiger charge is 2.27. The lowest BCUT2D eigenvalue weighted by Gasteiger charge is -2.20. The van der Waals surface area contributed by atoms with E-state index in [-0.39, 0.29) is 10.5 Å². The fourth-order valence-corrected chi connectivity index (χ4v) is 4.22. The first kappa shape index (κ1) is 22.3. The molecule has 0 saturated heterocycles. The molecule has 1 amide bonds. The number of amides is 1. The van der Waals surface area contributed by atoms with E-state index in [0.717, 1.165) is 4.31 Å². The van der Waals surface area contributed by atoms with Gasteiger partial charge in [-0.2, -0.15) is 0 Å². The van der Waals surface area contributed by atoms with Crippen LogP contribution >= 0.6 is 11.6 Å². The molecule has 9 heteroatoms. The van der Waals surface area contributed by atoms with Gasteiger partial charge < -0.3 is 10.1 Å². The Balaban J connectivity index is 1.74. The van der Waals surface area contributed by atoms with E-state index in [2.05, 4.69) is 5.32 Å². The van der Waals surface area contributed by atoms with Gasteiger partial charge in [-0.25, -0.2) is 13.2 Å². The Morgan fingerprint density at radius 1 is 0.935 bits per heavy atom. The first-order valence-corrected chi connectivity index (χ1v) is 11.0. The number of benzene rings is 3. The highest BCUT2D eigenvalue weighted by atomic mass is 35.5. The summed E-state index contributed by atoms with van der Waals surface area (Å²) in [6.07, 6.45) is 0. The molecule has 1 N–H and O–H groups in total. The predicted molar refractivity (Wildman–Crippen MR) is 119 cm³/mol. The van der Waals surface area contributed by atoms with E-state index in [0.29, 0.717) is 16.4 Å². The number of hydrogen-bond acceptors (Lipinski definition) is 5. The van der Waals surface area contributed by atoms with Crippen LogP contribution in [-0.4, -0.2) is 33.9 Å². The number of esters is 1. The summed E-state index contributed by atoms with van der Waals surface area (Å²) < 4.78 is 32.3. The lowest BCUT2D eigenvalue weighted by Crippen LogP contribution is -2.28. The molecule has 0 saturated carbocycles. The van der Waals surface area contributed by atoms with E-state index in [1.54, 1.807) is 54.6 Å². The maximum absolute atomic E-state index is 13.1. The number of ether oxygens (including phenoxy) is 1. The molecule has 0 fully saturated rings. The molecule has 31 heavy (non-hydrogen) atoms. The van der Waals surface area contributed by atoms with Crippen molar-refractivity contribution < 1.29 is 22.7 Å². The number of carbonyl (C=O) groups excluding carboxylic acids is 2. The monoisotopic (exact) mass is 458 g/mol. The minimum Gasteiger partial charge on any atom is -0.452 e. The molecule has 3 rings (SSSR count). The normalized spacial score (nSPS) is 10.9. The molecule has 0 unspecified atom stereocenters. The molecule has 0 aliphatic rings. The lowest BCUT2D eigenvalue weighted by atomic mass is 10.2. The maximum Gasteiger partial charge on any atom is 0.340 e. The number of carbonyl (C=O) groups is 2. The number of nitrogens with zero attached hydrogens (tertiary/aromatic N) is 1. The summed E-state index contributed by atoms with van der Waals surface area (Å²) in [6, 6.07) is 20.6. The van der Waals surface area contributed by atoms with E-state index < -0.39 is 28.5 Å². The Morgan fingerprint density at radius 2 is 1.55 bits per heavy atom. The molecular weight excluding hydrogens is 440 g/mol. The van der Waals surface area contributed by atoms with Gasteiger partial charge >= 0.3 is 5.97 Å². The Morgan fingerprint density at radius 3 is 2.23 bits per heavy atom. The molecular formula is C22H19ClN2O5S. The van der Waals surface area contributed by atoms with Gasteiger partial charge in [-0.3, -0.25) is 9.10 Å². The van der Waals surface area contributed by atoms with Crippen LogP contribution in [0.25, 0.3) is 0 Å². The molecule has 7 nitrogen and oxygen atoms in total. The van der Waals surface area contributed by atoms with Gasteiger partial charge in [-0.05, 0) is 48.5 Å². The number of para-hydroxylation sites is 1. The van der Waals surface area contributed by atoms with Gasteiger partial charge in [-0.15, -0.1) is 0 Å². The summed E-state index contributed by atoms with van der Waals surface area (Å²) >= 11 is 5.80. The number of rotatable bonds is 7. The van der Waals surface area contributed by atoms with Crippen LogP contribution in [0.4, 0.5) is 11.4 Å². The van der Waals surface area contributed by atoms with Gasteiger partial charge in [0.2, 0.25) is 0 Å². The minimum absolute atomic E-state index is 0.162. The van der Waals surface area contributed by atoms with Crippen molar-refractivity contribution in [1.82, 2.24) is 0 Å². The summed E-state index contributed by atoms with van der Waals surface area (Å²) in [5, 5.41) is 3.08. The summed E-state index contributed by atoms with van der Waals surface area (Å²) in [5.41, 5.74) is 0.760. The van der Waals surface area contributed by atoms with Crippen LogP contribution in [0.5, 0.6) is 0 Å². The fourth-order valence-electron chi connectivity index (χ4n) is 2.72. The quantitative estimate of drug-likeness (QED) is 0.541. The number of halogens is 1. The largest absolute Gasteiger partial charge is 0.452 e. The SMILES string of the molecule is CN(c1ccccc1)S(=O)(=O)c1ccccc1C(=O)OCC(=O)Nc1ccc(Cl)cc1. The van der Waals surface area contributed by atoms with Gasteiger partial charge in [0, 0.05) is 17.8 Å². The van der Waals surface area contributed by atoms with Crippen molar-refractivity contribution in [2.75, 3.05) is 23.3 Å². The van der Waals surface area contributed by atoms with Crippen LogP contribution in [0.3, 0.4) is 0 Å². The summed E-state index contributed by atoms with van der Waals surface area (Å²) in [6.45, 7) is -0.579. The second-order valence-corrected chi connectivity index (χ2v) is 8.81. The van der Waals surface area contributed by atoms with Crippen LogP contribution in [-0.2, 0) is 19.6 Å². The zero-order valence-electron chi connectivity index (χ0n) is 16.5. The van der Waals surface area contributed by atoms with Crippen LogP contribution in [0.15, 0.2) is 83.8 Å². The van der Waals surface area contributed by atoms with Crippen LogP contribution in [0.2, 0.25) is 5.02 Å². The van der Waals surface area contributed by atoms with Crippen molar-refractivity contribution in [2.45, 2.75) is 4.90 Å². The molecule has 3 aromatic carbocycles. The van der Waals surface area contributed by atoms with Gasteiger partial charge in [0.05, 0.1) is 11.3 Å². The Kier molecular flexibility index (Phi) is 6.94. The van der Waals surface area contributed by atoms with E-state index in [9.17, 15) is 18.0 Å². The second kappa shape index (κ2) is 9.63. The van der Waals surface area contributed by atoms with E-state index in [1.165, 1.54) is 31.3 Å². The lowest BCUT2D eigenvalue weighted by molar-refractivity contribution is -0.119. The molecule has 0 spiro atoms. The van der Waals surface area contributed by atoms with Gasteiger partial charge in [-0.1, -0.05) is 41.9 Å². The third-order valence-electron chi connectivity index (χ3n) is 4.33. The highest BCUT2D eigenvalue weighted by molar-refractivity contribution is 7.92. The zero-order valence-corrected chi connectivity index (χ0v) is 18.1. The van der Waals surface area contributed by atoms with Gasteiger partial charge in [0.1, 0.15) is 4.90 Å². The van der Waals surface area contributed by atoms with E-state index in [1.807, 2.05) is 0 Å². The van der Waals surface area contributed by atoms with Crippen molar-refractivity contribution in [3.8, 4) is 0 Å². The molecule has 3 aromatic rings. The van der Waals surface area contributed by atoms with Crippen molar-refractivity contribution in [3.05, 3.63) is 89.4 Å². The summed E-state index contributed by atoms with van der Waals surface area (Å²) in [4.78, 5) is 24.4. The zero-order chi connectivity index (χ0) is 22.4. The van der Waals surface area contributed by atoms with Crippen molar-refractivity contribution in [1.29, 1.82) is 0 Å². The van der Waals surface area contributed by atoms with Crippen LogP contribution in [0, 0.1) is 0 Å². The number of anilines is 2. The first-order valence-electron chi connectivity index (χ1n) is 9.14. The highest BCUT2D eigenvalue weighted by Crippen LogP contribution is 2.25. The van der Waals surface area contributed by atoms with Crippen LogP contribution in [0.1, 0.15) is 10.4 Å². The molecule has 0 atom stereocenters. The Labute approximate surface area is 185 Å². The topological polar surface area (TPSA) is 92.8 Å². The number of nitrogens with one attached hydrogen (secondary N) is 1. The smallest absolute Gasteiger partial charge is 0.340 e. The number of hydrogen-bond donors (Lipinski definition) is 1. The number of sulfonamides is 1. The Hall–Kier alpha value is -3.36. The van der Waals surface area contributed by atoms with E-state index >= 15 is 0 Å². The average Bonchev–Trinajstić information content (AvgIpc) is 2.79. The summed E-state index contributed by atoms with van der Waals surface area (Å²) in [5.74, 6) is -1.50. The molecule has 0 bridgehead atoms. The molecule has 0 radical (unpaired) electrons. The minimum atomic E-state index is -4.04. The van der Waals surface area contributed by atoms with Crippen LogP contribution < -0.4 is 9.62 Å². The van der Waals surface area contributed by atoms with Crippen molar-refractivity contribution in [3.63, 3.8) is 0 Å². The molecule has 0 aliphatic heterocycles. The molecule has 160 valence electrons. The van der Waals surface area contributed by atoms with Gasteiger partial charge in [0.15, 0.2) is 6.61 Å². The Bertz CT molecular complexity index is 1180. The molecule has 0 aliphatic carbocycles. The van der Waals surface area contributed by atoms with E-state index in [4.69, 9.17) is 16.3 Å². The molecule has 0 aromatic heterocycles. The second-order valence-electron chi connectivity index (χ2n) is 6.44. The fraction of sp³-hybridized carbons (Fsp3) is 0.0909. The predicted octanol–water partition coefficient (Wildman–Crippen LogP) is 3.96. The standard InChI is InChI=1S/C22H19ClN2O5S/c1-25(18-7-3-2-4-8-18)31(28,29)20-10-6-5-9-19(20)22(27)30-15-21(26)24-17-13-11-16(23)12-14-17/h2-14H,15H2,1H3,(H,24,26). The maximum atomic E-state index is 13.1.